The molecular formula is C73H104N3O17+. The van der Waals surface area contributed by atoms with Gasteiger partial charge in [-0.15, -0.1) is 0 Å². The zero-order chi connectivity index (χ0) is 66.1. The number of isocyanates is 1. The summed E-state index contributed by atoms with van der Waals surface area (Å²) in [4.78, 5) is 27.9. The van der Waals surface area contributed by atoms with E-state index in [0.717, 1.165) is 0 Å². The molecule has 4 aromatic rings. The van der Waals surface area contributed by atoms with Gasteiger partial charge in [-0.25, -0.2) is 9.79 Å². The topological polar surface area (TPSA) is 191 Å². The molecule has 20 nitrogen and oxygen atoms in total. The second kappa shape index (κ2) is 44.0. The summed E-state index contributed by atoms with van der Waals surface area (Å²) in [6.07, 6.45) is 16.8. The number of carbonyl (C=O) groups is 1. The Morgan fingerprint density at radius 3 is 1.37 bits per heavy atom. The lowest BCUT2D eigenvalue weighted by atomic mass is 9.79. The molecule has 4 aromatic carbocycles. The van der Waals surface area contributed by atoms with Gasteiger partial charge in [0.15, 0.2) is 12.3 Å². The smallest absolute Gasteiger partial charge is 0.308 e. The molecule has 2 aliphatic heterocycles. The number of fused-ring (bicyclic) bond motifs is 6. The van der Waals surface area contributed by atoms with E-state index in [2.05, 4.69) is 157 Å². The van der Waals surface area contributed by atoms with Gasteiger partial charge in [-0.3, -0.25) is 4.79 Å². The third-order valence-corrected chi connectivity index (χ3v) is 15.1. The van der Waals surface area contributed by atoms with Crippen LogP contribution in [0.3, 0.4) is 0 Å². The van der Waals surface area contributed by atoms with Crippen LogP contribution in [-0.2, 0) is 91.5 Å². The second-order valence-electron chi connectivity index (χ2n) is 23.9. The molecule has 0 N–H and O–H groups in total. The molecule has 0 unspecified atom stereocenters. The first kappa shape index (κ1) is 76.1. The predicted octanol–water partition coefficient (Wildman–Crippen LogP) is 10.0. The molecule has 20 heteroatoms. The Morgan fingerprint density at radius 1 is 0.473 bits per heavy atom. The summed E-state index contributed by atoms with van der Waals surface area (Å²) in [7, 11) is 0. The number of esters is 1. The Kier molecular flexibility index (Phi) is 36.0. The fraction of sp³-hybridized carbons (Fsp3) is 0.575. The molecule has 0 amide bonds. The Balaban J connectivity index is 0.772. The number of hydrogen-bond acceptors (Lipinski definition) is 19. The van der Waals surface area contributed by atoms with Gasteiger partial charge in [-0.2, -0.15) is 4.58 Å². The van der Waals surface area contributed by atoms with Crippen LogP contribution in [0.1, 0.15) is 66.0 Å². The molecule has 0 aliphatic carbocycles. The molecule has 0 fully saturated rings. The molecular weight excluding hydrogens is 1190 g/mol. The van der Waals surface area contributed by atoms with Crippen LogP contribution in [0.2, 0.25) is 0 Å². The van der Waals surface area contributed by atoms with Crippen molar-refractivity contribution in [1.82, 2.24) is 0 Å². The molecule has 0 aromatic heterocycles. The fourth-order valence-corrected chi connectivity index (χ4v) is 10.9. The van der Waals surface area contributed by atoms with E-state index < -0.39 is 5.60 Å². The Hall–Kier alpha value is -5.88. The maximum Gasteiger partial charge on any atom is 0.308 e. The van der Waals surface area contributed by atoms with Gasteiger partial charge < -0.3 is 76.0 Å². The standard InChI is InChI=1S/C73H104N3O17/c1-71(2,3)93-68(78)27-31-79-35-39-83-41-43-85-45-47-87-49-51-89-53-55-91-57-58-92-56-54-90-52-50-88-48-46-86-44-42-84-40-38-82-34-30-76-65-26-24-61-18-14-16-20-63(61)70(65)73(6,7)67(76)22-12-10-8-9-11-21-66-72(4,5)69-62-19-15-13-17-60(62)23-25-64(69)75(66)29-33-81-37-36-80-32-28-74-59-77/h8-26H,27-58H2,1-7H3/q+1. The van der Waals surface area contributed by atoms with Crippen molar-refractivity contribution in [2.45, 2.75) is 71.3 Å². The highest BCUT2D eigenvalue weighted by Crippen LogP contribution is 2.51. The number of carbonyl (C=O) groups excluding carboxylic acids is 2. The molecule has 512 valence electrons. The van der Waals surface area contributed by atoms with Gasteiger partial charge in [0.05, 0.1) is 197 Å². The minimum Gasteiger partial charge on any atom is -0.460 e. The third-order valence-electron chi connectivity index (χ3n) is 15.1. The van der Waals surface area contributed by atoms with Crippen LogP contribution in [0.5, 0.6) is 0 Å². The van der Waals surface area contributed by atoms with Gasteiger partial charge in [0.2, 0.25) is 11.8 Å². The molecule has 0 saturated heterocycles. The molecule has 6 rings (SSSR count). The van der Waals surface area contributed by atoms with E-state index >= 15 is 0 Å². The van der Waals surface area contributed by atoms with Gasteiger partial charge in [-0.1, -0.05) is 98.8 Å². The zero-order valence-electron chi connectivity index (χ0n) is 56.4. The third kappa shape index (κ3) is 27.4. The van der Waals surface area contributed by atoms with Crippen LogP contribution in [0.4, 0.5) is 11.4 Å². The van der Waals surface area contributed by atoms with Crippen molar-refractivity contribution >= 4 is 50.7 Å². The quantitative estimate of drug-likeness (QED) is 0.0101. The van der Waals surface area contributed by atoms with Gasteiger partial charge >= 0.3 is 5.97 Å². The first-order valence-electron chi connectivity index (χ1n) is 32.9. The summed E-state index contributed by atoms with van der Waals surface area (Å²) in [5.41, 5.74) is 6.47. The summed E-state index contributed by atoms with van der Waals surface area (Å²) >= 11 is 0. The van der Waals surface area contributed by atoms with Crippen molar-refractivity contribution < 1.29 is 85.2 Å². The largest absolute Gasteiger partial charge is 0.460 e. The highest BCUT2D eigenvalue weighted by atomic mass is 16.6. The van der Waals surface area contributed by atoms with E-state index in [4.69, 9.17) is 71.1 Å². The van der Waals surface area contributed by atoms with E-state index in [-0.39, 0.29) is 23.2 Å². The number of rotatable bonds is 52. The highest BCUT2D eigenvalue weighted by Gasteiger charge is 2.45. The average molecular weight is 1300 g/mol. The van der Waals surface area contributed by atoms with Crippen LogP contribution in [0.25, 0.3) is 21.5 Å². The van der Waals surface area contributed by atoms with Crippen molar-refractivity contribution in [3.05, 3.63) is 132 Å². The van der Waals surface area contributed by atoms with E-state index in [1.54, 1.807) is 0 Å². The summed E-state index contributed by atoms with van der Waals surface area (Å²) in [5.74, 6) is -0.270. The van der Waals surface area contributed by atoms with Gasteiger partial charge in [0.25, 0.3) is 0 Å². The minimum atomic E-state index is -0.486. The Labute approximate surface area is 551 Å². The van der Waals surface area contributed by atoms with Crippen molar-refractivity contribution in [3.8, 4) is 0 Å². The molecule has 0 atom stereocenters. The highest BCUT2D eigenvalue weighted by molar-refractivity contribution is 6.07. The summed E-state index contributed by atoms with van der Waals surface area (Å²) in [6, 6.07) is 26.1. The van der Waals surface area contributed by atoms with Crippen LogP contribution in [0, 0.1) is 0 Å². The van der Waals surface area contributed by atoms with E-state index in [0.29, 0.717) is 205 Å². The van der Waals surface area contributed by atoms with Crippen LogP contribution in [0.15, 0.2) is 126 Å². The van der Waals surface area contributed by atoms with Crippen molar-refractivity contribution in [3.63, 3.8) is 0 Å². The maximum absolute atomic E-state index is 11.7. The van der Waals surface area contributed by atoms with Crippen LogP contribution >= 0.6 is 0 Å². The SMILES string of the molecule is CC(C)(C)OC(=O)CCOCCOCCOCCOCCOCCOCCOCCOCCOCCOCCOCCOCCN1C(=CC=CC=CC=CC2=[N+](CCOCCOCCN=C=O)c3ccc4ccccc4c3C2(C)C)C(C)(C)c2c1ccc1ccccc21. The van der Waals surface area contributed by atoms with Crippen LogP contribution in [-0.4, -0.2) is 233 Å². The summed E-state index contributed by atoms with van der Waals surface area (Å²) < 4.78 is 86.7. The fourth-order valence-electron chi connectivity index (χ4n) is 10.9. The number of allylic oxidation sites excluding steroid dienone is 8. The number of anilines is 1. The minimum absolute atomic E-state index is 0.223. The van der Waals surface area contributed by atoms with Crippen molar-refractivity contribution in [1.29, 1.82) is 0 Å². The monoisotopic (exact) mass is 1290 g/mol. The number of hydrogen-bond donors (Lipinski definition) is 0. The lowest BCUT2D eigenvalue weighted by Crippen LogP contribution is -2.29. The van der Waals surface area contributed by atoms with Crippen molar-refractivity contribution in [2.24, 2.45) is 4.99 Å². The second-order valence-corrected chi connectivity index (χ2v) is 23.9. The first-order chi connectivity index (χ1) is 45.3. The van der Waals surface area contributed by atoms with Gasteiger partial charge in [-0.05, 0) is 79.9 Å². The lowest BCUT2D eigenvalue weighted by Gasteiger charge is -2.27. The van der Waals surface area contributed by atoms with E-state index in [9.17, 15) is 9.59 Å². The Bertz CT molecular complexity index is 3000. The molecule has 2 aliphatic rings. The average Bonchev–Trinajstić information content (AvgIpc) is 1.59. The molecule has 0 bridgehead atoms. The number of ether oxygens (including phenoxy) is 15. The number of aliphatic imine (C=N–C) groups is 1. The molecule has 0 spiro atoms. The van der Waals surface area contributed by atoms with Gasteiger partial charge in [0, 0.05) is 41.1 Å². The predicted molar refractivity (Wildman–Crippen MR) is 362 cm³/mol. The summed E-state index contributed by atoms with van der Waals surface area (Å²) in [6.45, 7) is 29.4. The van der Waals surface area contributed by atoms with E-state index in [1.165, 1.54) is 61.5 Å². The molecule has 0 radical (unpaired) electrons. The lowest BCUT2D eigenvalue weighted by molar-refractivity contribution is -0.442. The summed E-state index contributed by atoms with van der Waals surface area (Å²) in [5, 5.41) is 4.98. The molecule has 0 saturated carbocycles. The first-order valence-corrected chi connectivity index (χ1v) is 32.9. The Morgan fingerprint density at radius 2 is 0.882 bits per heavy atom. The zero-order valence-corrected chi connectivity index (χ0v) is 56.4. The molecule has 2 heterocycles. The van der Waals surface area contributed by atoms with Gasteiger partial charge in [0.1, 0.15) is 12.2 Å². The maximum atomic E-state index is 11.7. The number of benzene rings is 4. The molecule has 93 heavy (non-hydrogen) atoms. The normalized spacial score (nSPS) is 14.9. The van der Waals surface area contributed by atoms with Crippen molar-refractivity contribution in [2.75, 3.05) is 210 Å². The number of nitrogens with zero attached hydrogens (tertiary/aromatic N) is 3. The van der Waals surface area contributed by atoms with E-state index in [1.807, 2.05) is 20.8 Å². The van der Waals surface area contributed by atoms with Crippen LogP contribution < -0.4 is 4.90 Å².